The number of rotatable bonds is 5. The fourth-order valence-electron chi connectivity index (χ4n) is 5.14. The van der Waals surface area contributed by atoms with Crippen molar-refractivity contribution in [3.8, 4) is 11.1 Å². The summed E-state index contributed by atoms with van der Waals surface area (Å²) in [6, 6.07) is 28.0. The Morgan fingerprint density at radius 3 is 2.06 bits per heavy atom. The Morgan fingerprint density at radius 1 is 0.848 bits per heavy atom. The molecule has 2 atom stereocenters. The number of nitrogens with zero attached hydrogens (tertiary/aromatic N) is 1. The minimum atomic E-state index is -0.871. The van der Waals surface area contributed by atoms with Crippen molar-refractivity contribution in [3.63, 3.8) is 0 Å². The van der Waals surface area contributed by atoms with Crippen LogP contribution in [0.5, 0.6) is 0 Å². The highest BCUT2D eigenvalue weighted by molar-refractivity contribution is 5.69. The predicted octanol–water partition coefficient (Wildman–Crippen LogP) is 4.83. The van der Waals surface area contributed by atoms with Crippen LogP contribution in [0, 0.1) is 0 Å². The highest BCUT2D eigenvalue weighted by Gasteiger charge is 2.48. The van der Waals surface area contributed by atoms with Crippen LogP contribution in [0.25, 0.3) is 11.1 Å². The summed E-state index contributed by atoms with van der Waals surface area (Å²) in [4.78, 5) is 14.7. The molecule has 1 N–H and O–H groups in total. The van der Waals surface area contributed by atoms with Crippen molar-refractivity contribution in [3.05, 3.63) is 96.1 Å². The molecule has 5 rings (SSSR count). The van der Waals surface area contributed by atoms with E-state index < -0.39 is 5.60 Å². The maximum absolute atomic E-state index is 12.9. The zero-order valence-corrected chi connectivity index (χ0v) is 18.6. The van der Waals surface area contributed by atoms with E-state index in [0.29, 0.717) is 32.5 Å². The summed E-state index contributed by atoms with van der Waals surface area (Å²) < 4.78 is 11.3. The molecule has 2 heterocycles. The number of hydrogen-bond donors (Lipinski definition) is 1. The van der Waals surface area contributed by atoms with Gasteiger partial charge in [-0.2, -0.15) is 0 Å². The highest BCUT2D eigenvalue weighted by atomic mass is 16.6. The van der Waals surface area contributed by atoms with Crippen LogP contribution in [0.4, 0.5) is 4.79 Å². The molecule has 2 aliphatic heterocycles. The van der Waals surface area contributed by atoms with Crippen LogP contribution in [0.1, 0.15) is 24.0 Å². The lowest BCUT2D eigenvalue weighted by Gasteiger charge is -2.51. The van der Waals surface area contributed by atoms with E-state index in [2.05, 4.69) is 36.4 Å². The van der Waals surface area contributed by atoms with Gasteiger partial charge in [0.2, 0.25) is 0 Å². The normalized spacial score (nSPS) is 24.3. The number of carbonyl (C=O) groups is 1. The molecular weight excluding hydrogens is 414 g/mol. The largest absolute Gasteiger partial charge is 0.445 e. The molecule has 0 aromatic heterocycles. The van der Waals surface area contributed by atoms with Crippen LogP contribution in [0.3, 0.4) is 0 Å². The summed E-state index contributed by atoms with van der Waals surface area (Å²) in [5.74, 6) is 0. The second kappa shape index (κ2) is 9.38. The van der Waals surface area contributed by atoms with Gasteiger partial charge in [0.05, 0.1) is 30.9 Å². The molecule has 0 spiro atoms. The molecule has 2 bridgehead atoms. The van der Waals surface area contributed by atoms with E-state index in [9.17, 15) is 9.90 Å². The van der Waals surface area contributed by atoms with Crippen molar-refractivity contribution in [2.75, 3.05) is 13.2 Å². The van der Waals surface area contributed by atoms with E-state index in [1.54, 1.807) is 4.90 Å². The maximum atomic E-state index is 12.9. The van der Waals surface area contributed by atoms with Gasteiger partial charge in [-0.1, -0.05) is 84.9 Å². The van der Waals surface area contributed by atoms with Crippen LogP contribution in [-0.4, -0.2) is 47.0 Å². The van der Waals surface area contributed by atoms with Gasteiger partial charge < -0.3 is 14.6 Å². The second-order valence-corrected chi connectivity index (χ2v) is 9.16. The van der Waals surface area contributed by atoms with E-state index in [1.807, 2.05) is 48.5 Å². The van der Waals surface area contributed by atoms with Gasteiger partial charge >= 0.3 is 6.09 Å². The molecule has 33 heavy (non-hydrogen) atoms. The first-order chi connectivity index (χ1) is 16.1. The van der Waals surface area contributed by atoms with Crippen LogP contribution in [0.2, 0.25) is 0 Å². The second-order valence-electron chi connectivity index (χ2n) is 9.16. The Hall–Kier alpha value is -3.15. The molecule has 3 aromatic rings. The molecule has 2 aliphatic rings. The topological polar surface area (TPSA) is 59.0 Å². The Labute approximate surface area is 194 Å². The number of benzene rings is 3. The van der Waals surface area contributed by atoms with Gasteiger partial charge in [0, 0.05) is 6.42 Å². The number of aliphatic hydroxyl groups is 1. The van der Waals surface area contributed by atoms with Gasteiger partial charge in [-0.3, -0.25) is 4.90 Å². The summed E-state index contributed by atoms with van der Waals surface area (Å²) in [7, 11) is 0. The molecule has 0 radical (unpaired) electrons. The average molecular weight is 444 g/mol. The van der Waals surface area contributed by atoms with Crippen LogP contribution in [-0.2, 0) is 22.5 Å². The van der Waals surface area contributed by atoms with Crippen molar-refractivity contribution in [2.45, 2.75) is 43.6 Å². The number of amides is 1. The third-order valence-electron chi connectivity index (χ3n) is 6.65. The van der Waals surface area contributed by atoms with E-state index >= 15 is 0 Å². The standard InChI is InChI=1S/C28H29NO4/c30-27(33-18-22-7-3-1-4-8-22)29-25-16-28(31,17-26(29)20-32-19-25)15-21-11-13-24(14-12-21)23-9-5-2-6-10-23/h1-14,25-26,31H,15-20H2. The molecule has 0 saturated carbocycles. The Kier molecular flexibility index (Phi) is 6.16. The van der Waals surface area contributed by atoms with Gasteiger partial charge in [0.15, 0.2) is 0 Å². The summed E-state index contributed by atoms with van der Waals surface area (Å²) in [6.07, 6.45) is 1.18. The molecule has 2 saturated heterocycles. The predicted molar refractivity (Wildman–Crippen MR) is 127 cm³/mol. The lowest BCUT2D eigenvalue weighted by molar-refractivity contribution is -0.132. The Morgan fingerprint density at radius 2 is 1.42 bits per heavy atom. The van der Waals surface area contributed by atoms with Crippen LogP contribution < -0.4 is 0 Å². The first-order valence-corrected chi connectivity index (χ1v) is 11.5. The van der Waals surface area contributed by atoms with E-state index in [1.165, 1.54) is 5.56 Å². The van der Waals surface area contributed by atoms with Gasteiger partial charge in [0.1, 0.15) is 6.61 Å². The first kappa shape index (κ1) is 21.7. The van der Waals surface area contributed by atoms with Crippen molar-refractivity contribution in [1.29, 1.82) is 0 Å². The Balaban J connectivity index is 1.24. The summed E-state index contributed by atoms with van der Waals surface area (Å²) in [6.45, 7) is 1.09. The highest BCUT2D eigenvalue weighted by Crippen LogP contribution is 2.37. The number of ether oxygens (including phenoxy) is 2. The molecule has 5 nitrogen and oxygen atoms in total. The Bertz CT molecular complexity index is 1050. The first-order valence-electron chi connectivity index (χ1n) is 11.5. The van der Waals surface area contributed by atoms with Gasteiger partial charge in [-0.15, -0.1) is 0 Å². The lowest BCUT2D eigenvalue weighted by atomic mass is 9.77. The van der Waals surface area contributed by atoms with E-state index in [-0.39, 0.29) is 24.8 Å². The number of carbonyl (C=O) groups excluding carboxylic acids is 1. The fraction of sp³-hybridized carbons (Fsp3) is 0.321. The van der Waals surface area contributed by atoms with E-state index in [4.69, 9.17) is 9.47 Å². The molecule has 3 aromatic carbocycles. The minimum absolute atomic E-state index is 0.186. The zero-order valence-electron chi connectivity index (χ0n) is 18.6. The third kappa shape index (κ3) is 4.95. The lowest BCUT2D eigenvalue weighted by Crippen LogP contribution is -2.64. The SMILES string of the molecule is O=C(OCc1ccccc1)N1C2COCC1CC(O)(Cc1ccc(-c3ccccc3)cc1)C2. The van der Waals surface area contributed by atoms with E-state index in [0.717, 1.165) is 16.7 Å². The summed E-state index contributed by atoms with van der Waals surface area (Å²) >= 11 is 0. The number of morpholine rings is 1. The number of piperidine rings is 1. The molecular formula is C28H29NO4. The third-order valence-corrected chi connectivity index (χ3v) is 6.65. The molecule has 170 valence electrons. The number of hydrogen-bond acceptors (Lipinski definition) is 4. The van der Waals surface area contributed by atoms with Gasteiger partial charge in [-0.05, 0) is 35.1 Å². The smallest absolute Gasteiger partial charge is 0.410 e. The van der Waals surface area contributed by atoms with Crippen molar-refractivity contribution < 1.29 is 19.4 Å². The van der Waals surface area contributed by atoms with Crippen molar-refractivity contribution >= 4 is 6.09 Å². The molecule has 1 amide bonds. The van der Waals surface area contributed by atoms with Crippen molar-refractivity contribution in [2.24, 2.45) is 0 Å². The van der Waals surface area contributed by atoms with Crippen molar-refractivity contribution in [1.82, 2.24) is 4.90 Å². The fourth-order valence-corrected chi connectivity index (χ4v) is 5.14. The maximum Gasteiger partial charge on any atom is 0.410 e. The monoisotopic (exact) mass is 443 g/mol. The van der Waals surface area contributed by atoms with Crippen LogP contribution in [0.15, 0.2) is 84.9 Å². The van der Waals surface area contributed by atoms with Gasteiger partial charge in [-0.25, -0.2) is 4.79 Å². The number of fused-ring (bicyclic) bond motifs is 2. The zero-order chi connectivity index (χ0) is 22.7. The van der Waals surface area contributed by atoms with Gasteiger partial charge in [0.25, 0.3) is 0 Å². The molecule has 0 aliphatic carbocycles. The quantitative estimate of drug-likeness (QED) is 0.614. The minimum Gasteiger partial charge on any atom is -0.445 e. The van der Waals surface area contributed by atoms with Crippen LogP contribution >= 0.6 is 0 Å². The average Bonchev–Trinajstić information content (AvgIpc) is 2.83. The summed E-state index contributed by atoms with van der Waals surface area (Å²) in [5.41, 5.74) is 3.52. The molecule has 2 fully saturated rings. The molecule has 2 unspecified atom stereocenters. The molecule has 5 heteroatoms. The summed E-state index contributed by atoms with van der Waals surface area (Å²) in [5, 5.41) is 11.5.